The highest BCUT2D eigenvalue weighted by atomic mass is 35.5. The summed E-state index contributed by atoms with van der Waals surface area (Å²) in [7, 11) is 1.70. The largest absolute Gasteiger partial charge is 0.363 e. The van der Waals surface area contributed by atoms with Crippen LogP contribution in [0.4, 0.5) is 4.79 Å². The van der Waals surface area contributed by atoms with E-state index in [-0.39, 0.29) is 31.2 Å². The molecule has 4 unspecified atom stereocenters. The van der Waals surface area contributed by atoms with E-state index in [9.17, 15) is 14.4 Å². The lowest BCUT2D eigenvalue weighted by Crippen LogP contribution is -2.64. The number of hydrogen-bond donors (Lipinski definition) is 1. The number of fused-ring (bicyclic) bond motifs is 3. The summed E-state index contributed by atoms with van der Waals surface area (Å²) in [5.41, 5.74) is 0.772. The van der Waals surface area contributed by atoms with Crippen LogP contribution in [0.2, 0.25) is 5.02 Å². The van der Waals surface area contributed by atoms with E-state index in [4.69, 9.17) is 16.3 Å². The lowest BCUT2D eigenvalue weighted by Gasteiger charge is -2.41. The number of rotatable bonds is 4. The van der Waals surface area contributed by atoms with Crippen LogP contribution >= 0.6 is 11.6 Å². The van der Waals surface area contributed by atoms with E-state index in [2.05, 4.69) is 5.32 Å². The normalized spacial score (nSPS) is 29.5. The van der Waals surface area contributed by atoms with Crippen LogP contribution in [0.25, 0.3) is 0 Å². The maximum absolute atomic E-state index is 12.9. The van der Waals surface area contributed by atoms with Crippen LogP contribution in [0.3, 0.4) is 0 Å². The van der Waals surface area contributed by atoms with Crippen LogP contribution in [0.5, 0.6) is 0 Å². The second-order valence-electron chi connectivity index (χ2n) is 7.72. The summed E-state index contributed by atoms with van der Waals surface area (Å²) in [6.07, 6.45) is 3.42. The van der Waals surface area contributed by atoms with E-state index in [1.54, 1.807) is 18.0 Å². The third-order valence-electron chi connectivity index (χ3n) is 6.05. The summed E-state index contributed by atoms with van der Waals surface area (Å²) >= 11 is 6.09. The molecule has 1 N–H and O–H groups in total. The number of carbonyl (C=O) groups is 3. The third kappa shape index (κ3) is 3.37. The Kier molecular flexibility index (Phi) is 5.29. The number of hydrogen-bond acceptors (Lipinski definition) is 4. The fraction of sp³-hybridized carbons (Fsp3) is 0.550. The predicted molar refractivity (Wildman–Crippen MR) is 103 cm³/mol. The molecule has 0 bridgehead atoms. The lowest BCUT2D eigenvalue weighted by atomic mass is 9.81. The van der Waals surface area contributed by atoms with E-state index in [0.29, 0.717) is 5.02 Å². The molecule has 3 fully saturated rings. The van der Waals surface area contributed by atoms with Gasteiger partial charge in [0, 0.05) is 24.5 Å². The van der Waals surface area contributed by atoms with Gasteiger partial charge < -0.3 is 15.0 Å². The number of benzene rings is 1. The zero-order chi connectivity index (χ0) is 19.8. The van der Waals surface area contributed by atoms with E-state index >= 15 is 0 Å². The van der Waals surface area contributed by atoms with Gasteiger partial charge in [0.05, 0.1) is 12.1 Å². The molecular weight excluding hydrogens is 382 g/mol. The van der Waals surface area contributed by atoms with E-state index < -0.39 is 23.9 Å². The molecule has 0 aromatic heterocycles. The highest BCUT2D eigenvalue weighted by molar-refractivity contribution is 6.31. The van der Waals surface area contributed by atoms with Gasteiger partial charge in [-0.2, -0.15) is 0 Å². The molecule has 4 atom stereocenters. The molecule has 1 aromatic carbocycles. The Morgan fingerprint density at radius 1 is 1.25 bits per heavy atom. The minimum atomic E-state index is -0.674. The summed E-state index contributed by atoms with van der Waals surface area (Å²) < 4.78 is 6.02. The molecule has 150 valence electrons. The molecule has 2 heterocycles. The third-order valence-corrected chi connectivity index (χ3v) is 6.42. The second-order valence-corrected chi connectivity index (χ2v) is 8.13. The Morgan fingerprint density at radius 2 is 2.00 bits per heavy atom. The summed E-state index contributed by atoms with van der Waals surface area (Å²) in [4.78, 5) is 40.7. The molecule has 1 aliphatic carbocycles. The molecule has 28 heavy (non-hydrogen) atoms. The number of nitrogens with one attached hydrogen (secondary N) is 1. The first-order valence-electron chi connectivity index (χ1n) is 9.71. The van der Waals surface area contributed by atoms with Gasteiger partial charge in [-0.1, -0.05) is 42.6 Å². The monoisotopic (exact) mass is 405 g/mol. The molecule has 4 rings (SSSR count). The van der Waals surface area contributed by atoms with Gasteiger partial charge in [0.2, 0.25) is 5.91 Å². The number of amides is 4. The predicted octanol–water partition coefficient (Wildman–Crippen LogP) is 2.18. The van der Waals surface area contributed by atoms with Crippen molar-refractivity contribution in [1.82, 2.24) is 15.1 Å². The van der Waals surface area contributed by atoms with Crippen molar-refractivity contribution in [2.75, 3.05) is 13.6 Å². The van der Waals surface area contributed by atoms with Crippen molar-refractivity contribution in [3.8, 4) is 0 Å². The molecule has 7 nitrogen and oxygen atoms in total. The quantitative estimate of drug-likeness (QED) is 0.832. The van der Waals surface area contributed by atoms with Gasteiger partial charge in [-0.3, -0.25) is 14.5 Å². The minimum absolute atomic E-state index is 0.0250. The number of carbonyl (C=O) groups excluding carboxylic acids is 3. The molecule has 1 saturated carbocycles. The molecule has 0 spiro atoms. The molecule has 1 aromatic rings. The fourth-order valence-corrected chi connectivity index (χ4v) is 4.82. The van der Waals surface area contributed by atoms with Gasteiger partial charge in [-0.25, -0.2) is 4.79 Å². The maximum Gasteiger partial charge on any atom is 0.327 e. The molecule has 0 radical (unpaired) electrons. The summed E-state index contributed by atoms with van der Waals surface area (Å²) in [5.74, 6) is -0.618. The first kappa shape index (κ1) is 19.2. The van der Waals surface area contributed by atoms with Gasteiger partial charge in [-0.15, -0.1) is 0 Å². The Hall–Kier alpha value is -2.12. The zero-order valence-corrected chi connectivity index (χ0v) is 16.5. The number of halogens is 1. The van der Waals surface area contributed by atoms with Crippen molar-refractivity contribution < 1.29 is 19.1 Å². The first-order chi connectivity index (χ1) is 13.5. The maximum atomic E-state index is 12.9. The standard InChI is InChI=1S/C20H24ClN3O4/c1-23-17-13-7-3-5-9-15(13)28-18(17)19(26)24(20(23)27)11-16(25)22-10-12-6-2-4-8-14(12)21/h2,4,6,8,13,15,17-18H,3,5,7,9-11H2,1H3,(H,22,25). The van der Waals surface area contributed by atoms with Crippen molar-refractivity contribution >= 4 is 29.4 Å². The average Bonchev–Trinajstić information content (AvgIpc) is 3.09. The summed E-state index contributed by atoms with van der Waals surface area (Å²) in [5, 5.41) is 3.28. The van der Waals surface area contributed by atoms with Crippen LogP contribution in [-0.4, -0.2) is 59.5 Å². The summed E-state index contributed by atoms with van der Waals surface area (Å²) in [6, 6.07) is 6.53. The highest BCUT2D eigenvalue weighted by Gasteiger charge is 2.56. The molecule has 3 aliphatic rings. The van der Waals surface area contributed by atoms with E-state index in [1.165, 1.54) is 0 Å². The van der Waals surface area contributed by atoms with Crippen molar-refractivity contribution in [3.63, 3.8) is 0 Å². The van der Waals surface area contributed by atoms with Crippen LogP contribution in [-0.2, 0) is 20.9 Å². The number of nitrogens with zero attached hydrogens (tertiary/aromatic N) is 2. The Morgan fingerprint density at radius 3 is 2.79 bits per heavy atom. The smallest absolute Gasteiger partial charge is 0.327 e. The van der Waals surface area contributed by atoms with Gasteiger partial charge in [0.15, 0.2) is 6.10 Å². The average molecular weight is 406 g/mol. The highest BCUT2D eigenvalue weighted by Crippen LogP contribution is 2.42. The van der Waals surface area contributed by atoms with Crippen LogP contribution in [0.15, 0.2) is 24.3 Å². The molecule has 8 heteroatoms. The van der Waals surface area contributed by atoms with Crippen LogP contribution in [0.1, 0.15) is 31.2 Å². The molecule has 2 aliphatic heterocycles. The van der Waals surface area contributed by atoms with Gasteiger partial charge >= 0.3 is 6.03 Å². The molecular formula is C20H24ClN3O4. The SMILES string of the molecule is CN1C(=O)N(CC(=O)NCc2ccccc2Cl)C(=O)C2OC3CCCCC3C21. The Balaban J connectivity index is 1.42. The van der Waals surface area contributed by atoms with Crippen LogP contribution < -0.4 is 5.32 Å². The number of ether oxygens (including phenoxy) is 1. The molecule has 4 amide bonds. The molecule has 2 saturated heterocycles. The van der Waals surface area contributed by atoms with Gasteiger partial charge in [0.25, 0.3) is 5.91 Å². The van der Waals surface area contributed by atoms with Gasteiger partial charge in [-0.05, 0) is 24.5 Å². The second kappa shape index (κ2) is 7.72. The number of imide groups is 1. The number of urea groups is 1. The first-order valence-corrected chi connectivity index (χ1v) is 10.1. The zero-order valence-electron chi connectivity index (χ0n) is 15.8. The Labute approximate surface area is 168 Å². The Bertz CT molecular complexity index is 801. The number of likely N-dealkylation sites (N-methyl/N-ethyl adjacent to an activating group) is 1. The lowest BCUT2D eigenvalue weighted by molar-refractivity contribution is -0.148. The van der Waals surface area contributed by atoms with E-state index in [1.807, 2.05) is 18.2 Å². The topological polar surface area (TPSA) is 79.0 Å². The minimum Gasteiger partial charge on any atom is -0.363 e. The van der Waals surface area contributed by atoms with Crippen molar-refractivity contribution in [2.24, 2.45) is 5.92 Å². The van der Waals surface area contributed by atoms with Gasteiger partial charge in [0.1, 0.15) is 6.54 Å². The van der Waals surface area contributed by atoms with Crippen molar-refractivity contribution in [3.05, 3.63) is 34.9 Å². The summed E-state index contributed by atoms with van der Waals surface area (Å²) in [6.45, 7) is -0.0916. The van der Waals surface area contributed by atoms with E-state index in [0.717, 1.165) is 36.1 Å². The van der Waals surface area contributed by atoms with Crippen molar-refractivity contribution in [2.45, 2.75) is 50.5 Å². The van der Waals surface area contributed by atoms with Crippen molar-refractivity contribution in [1.29, 1.82) is 0 Å². The fourth-order valence-electron chi connectivity index (χ4n) is 4.62. The van der Waals surface area contributed by atoms with Crippen LogP contribution in [0, 0.1) is 5.92 Å².